The first kappa shape index (κ1) is 17.4. The molecule has 0 saturated carbocycles. The summed E-state index contributed by atoms with van der Waals surface area (Å²) in [6.45, 7) is 5.82. The molecule has 0 spiro atoms. The van der Waals surface area contributed by atoms with Crippen molar-refractivity contribution in [2.75, 3.05) is 13.1 Å². The highest BCUT2D eigenvalue weighted by Gasteiger charge is 2.32. The van der Waals surface area contributed by atoms with Gasteiger partial charge in [0.05, 0.1) is 24.4 Å². The average Bonchev–Trinajstić information content (AvgIpc) is 3.28. The van der Waals surface area contributed by atoms with Crippen molar-refractivity contribution in [3.8, 4) is 11.3 Å². The summed E-state index contributed by atoms with van der Waals surface area (Å²) in [6, 6.07) is 7.96. The molecular weight excluding hydrogens is 344 g/mol. The smallest absolute Gasteiger partial charge is 0.237 e. The number of H-pyrrole nitrogens is 1. The van der Waals surface area contributed by atoms with Crippen LogP contribution >= 0.6 is 0 Å². The Labute approximate surface area is 157 Å². The normalized spacial score (nSPS) is 17.9. The number of rotatable bonds is 5. The lowest BCUT2D eigenvalue weighted by Crippen LogP contribution is -2.55. The zero-order valence-electron chi connectivity index (χ0n) is 15.4. The molecule has 1 unspecified atom stereocenters. The van der Waals surface area contributed by atoms with E-state index in [2.05, 4.69) is 61.7 Å². The van der Waals surface area contributed by atoms with Crippen LogP contribution in [0.15, 0.2) is 35.0 Å². The predicted molar refractivity (Wildman–Crippen MR) is 98.7 cm³/mol. The van der Waals surface area contributed by atoms with Crippen molar-refractivity contribution in [3.63, 3.8) is 0 Å². The monoisotopic (exact) mass is 366 g/mol. The number of hydrogen-bond donors (Lipinski definition) is 2. The molecule has 1 fully saturated rings. The molecule has 1 amide bonds. The molecule has 1 aromatic carbocycles. The van der Waals surface area contributed by atoms with Crippen molar-refractivity contribution < 1.29 is 9.32 Å². The summed E-state index contributed by atoms with van der Waals surface area (Å²) in [6.07, 6.45) is 2.22. The van der Waals surface area contributed by atoms with Crippen LogP contribution in [-0.2, 0) is 17.8 Å². The van der Waals surface area contributed by atoms with Gasteiger partial charge < -0.3 is 9.84 Å². The van der Waals surface area contributed by atoms with Gasteiger partial charge in [0.2, 0.25) is 11.8 Å². The number of piperazine rings is 1. The quantitative estimate of drug-likeness (QED) is 0.712. The molecule has 0 aliphatic carbocycles. The van der Waals surface area contributed by atoms with Crippen molar-refractivity contribution in [1.82, 2.24) is 30.6 Å². The Morgan fingerprint density at radius 2 is 2.07 bits per heavy atom. The van der Waals surface area contributed by atoms with Crippen molar-refractivity contribution in [2.24, 2.45) is 0 Å². The molecule has 140 valence electrons. The lowest BCUT2D eigenvalue weighted by Gasteiger charge is -2.34. The third-order valence-corrected chi connectivity index (χ3v) is 4.81. The van der Waals surface area contributed by atoms with Crippen LogP contribution in [0, 0.1) is 13.8 Å². The average molecular weight is 366 g/mol. The van der Waals surface area contributed by atoms with Crippen LogP contribution in [0.25, 0.3) is 11.3 Å². The Morgan fingerprint density at radius 3 is 2.81 bits per heavy atom. The second-order valence-electron chi connectivity index (χ2n) is 6.85. The molecule has 0 radical (unpaired) electrons. The van der Waals surface area contributed by atoms with Crippen molar-refractivity contribution in [1.29, 1.82) is 0 Å². The molecular formula is C19H22N6O2. The van der Waals surface area contributed by atoms with Crippen LogP contribution in [0.5, 0.6) is 0 Å². The first-order valence-corrected chi connectivity index (χ1v) is 9.00. The summed E-state index contributed by atoms with van der Waals surface area (Å²) in [5.74, 6) is 1.03. The van der Waals surface area contributed by atoms with Gasteiger partial charge in [-0.05, 0) is 19.4 Å². The summed E-state index contributed by atoms with van der Waals surface area (Å²) in [5, 5.41) is 14.1. The molecule has 2 N–H and O–H groups in total. The van der Waals surface area contributed by atoms with Gasteiger partial charge in [0, 0.05) is 25.2 Å². The third kappa shape index (κ3) is 3.75. The largest absolute Gasteiger partial charge is 0.353 e. The van der Waals surface area contributed by atoms with E-state index in [1.54, 1.807) is 6.92 Å². The minimum Gasteiger partial charge on any atom is -0.353 e. The number of aromatic nitrogens is 4. The number of nitrogens with one attached hydrogen (secondary N) is 2. The molecule has 2 aromatic heterocycles. The fraction of sp³-hybridized carbons (Fsp3) is 0.368. The summed E-state index contributed by atoms with van der Waals surface area (Å²) in [4.78, 5) is 18.9. The Bertz CT molecular complexity index is 930. The van der Waals surface area contributed by atoms with Crippen LogP contribution < -0.4 is 5.32 Å². The maximum absolute atomic E-state index is 12.5. The number of benzene rings is 1. The highest BCUT2D eigenvalue weighted by molar-refractivity contribution is 5.82. The topological polar surface area (TPSA) is 99.9 Å². The molecule has 4 rings (SSSR count). The molecule has 8 nitrogen and oxygen atoms in total. The number of amides is 1. The van der Waals surface area contributed by atoms with Crippen LogP contribution in [0.2, 0.25) is 0 Å². The van der Waals surface area contributed by atoms with E-state index in [1.807, 2.05) is 6.20 Å². The van der Waals surface area contributed by atoms with E-state index in [0.717, 1.165) is 23.4 Å². The van der Waals surface area contributed by atoms with Gasteiger partial charge in [-0.2, -0.15) is 10.1 Å². The molecule has 8 heteroatoms. The molecule has 1 aliphatic heterocycles. The Hall–Kier alpha value is -3.00. The minimum absolute atomic E-state index is 0.0162. The zero-order valence-corrected chi connectivity index (χ0v) is 15.4. The number of hydrogen-bond acceptors (Lipinski definition) is 6. The van der Waals surface area contributed by atoms with Crippen molar-refractivity contribution in [3.05, 3.63) is 53.3 Å². The molecule has 3 heterocycles. The van der Waals surface area contributed by atoms with Gasteiger partial charge in [0.25, 0.3) is 0 Å². The number of aryl methyl sites for hydroxylation is 2. The van der Waals surface area contributed by atoms with Crippen LogP contribution in [0.3, 0.4) is 0 Å². The lowest BCUT2D eigenvalue weighted by molar-refractivity contribution is -0.129. The SMILES string of the molecule is Cc1ccc(-c2[nH]ncc2CN2CCNC(=O)C2Cc2nc(C)no2)cc1. The Kier molecular flexibility index (Phi) is 4.72. The van der Waals surface area contributed by atoms with Crippen molar-refractivity contribution >= 4 is 5.91 Å². The Balaban J connectivity index is 1.56. The molecule has 0 bridgehead atoms. The number of carbonyl (C=O) groups is 1. The Morgan fingerprint density at radius 1 is 1.26 bits per heavy atom. The van der Waals surface area contributed by atoms with E-state index in [-0.39, 0.29) is 11.9 Å². The molecule has 27 heavy (non-hydrogen) atoms. The van der Waals surface area contributed by atoms with Gasteiger partial charge in [-0.25, -0.2) is 0 Å². The summed E-state index contributed by atoms with van der Waals surface area (Å²) in [5.41, 5.74) is 4.33. The number of carbonyl (C=O) groups excluding carboxylic acids is 1. The standard InChI is InChI=1S/C19H22N6O2/c1-12-3-5-14(6-4-12)18-15(10-21-23-18)11-25-8-7-20-19(26)16(25)9-17-22-13(2)24-27-17/h3-6,10,16H,7-9,11H2,1-2H3,(H,20,26)(H,21,23). The van der Waals surface area contributed by atoms with E-state index in [9.17, 15) is 4.79 Å². The summed E-state index contributed by atoms with van der Waals surface area (Å²) >= 11 is 0. The highest BCUT2D eigenvalue weighted by atomic mass is 16.5. The molecule has 3 aromatic rings. The van der Waals surface area contributed by atoms with Gasteiger partial charge in [0.1, 0.15) is 0 Å². The second-order valence-corrected chi connectivity index (χ2v) is 6.85. The lowest BCUT2D eigenvalue weighted by atomic mass is 10.0. The molecule has 1 atom stereocenters. The van der Waals surface area contributed by atoms with Gasteiger partial charge in [-0.15, -0.1) is 0 Å². The van der Waals surface area contributed by atoms with Gasteiger partial charge in [-0.3, -0.25) is 14.8 Å². The van der Waals surface area contributed by atoms with Gasteiger partial charge in [0.15, 0.2) is 5.82 Å². The fourth-order valence-corrected chi connectivity index (χ4v) is 3.38. The van der Waals surface area contributed by atoms with E-state index >= 15 is 0 Å². The maximum Gasteiger partial charge on any atom is 0.237 e. The fourth-order valence-electron chi connectivity index (χ4n) is 3.38. The summed E-state index contributed by atoms with van der Waals surface area (Å²) < 4.78 is 5.22. The molecule has 1 saturated heterocycles. The van der Waals surface area contributed by atoms with Crippen LogP contribution in [0.4, 0.5) is 0 Å². The summed E-state index contributed by atoms with van der Waals surface area (Å²) in [7, 11) is 0. The third-order valence-electron chi connectivity index (χ3n) is 4.81. The first-order chi connectivity index (χ1) is 13.1. The van der Waals surface area contributed by atoms with E-state index < -0.39 is 0 Å². The predicted octanol–water partition coefficient (Wildman–Crippen LogP) is 1.62. The van der Waals surface area contributed by atoms with Gasteiger partial charge >= 0.3 is 0 Å². The van der Waals surface area contributed by atoms with E-state index in [4.69, 9.17) is 4.52 Å². The second kappa shape index (κ2) is 7.32. The van der Waals surface area contributed by atoms with Gasteiger partial charge in [-0.1, -0.05) is 35.0 Å². The maximum atomic E-state index is 12.5. The van der Waals surface area contributed by atoms with E-state index in [0.29, 0.717) is 31.2 Å². The highest BCUT2D eigenvalue weighted by Crippen LogP contribution is 2.24. The number of aromatic amines is 1. The zero-order chi connectivity index (χ0) is 18.8. The van der Waals surface area contributed by atoms with Crippen LogP contribution in [0.1, 0.15) is 22.8 Å². The van der Waals surface area contributed by atoms with E-state index in [1.165, 1.54) is 5.56 Å². The number of nitrogens with zero attached hydrogens (tertiary/aromatic N) is 4. The first-order valence-electron chi connectivity index (χ1n) is 9.00. The van der Waals surface area contributed by atoms with Crippen molar-refractivity contribution in [2.45, 2.75) is 32.9 Å². The minimum atomic E-state index is -0.348. The van der Waals surface area contributed by atoms with Crippen LogP contribution in [-0.4, -0.2) is 50.3 Å². The molecule has 1 aliphatic rings.